The van der Waals surface area contributed by atoms with E-state index in [1.165, 1.54) is 36.4 Å². The fourth-order valence-corrected chi connectivity index (χ4v) is 6.19. The second-order valence-corrected chi connectivity index (χ2v) is 10.8. The molecule has 1 saturated heterocycles. The highest BCUT2D eigenvalue weighted by molar-refractivity contribution is 7.15. The van der Waals surface area contributed by atoms with Crippen LogP contribution < -0.4 is 20.1 Å². The molecule has 2 fully saturated rings. The van der Waals surface area contributed by atoms with E-state index in [1.54, 1.807) is 11.3 Å². The number of benzene rings is 2. The molecule has 1 atom stereocenters. The Hall–Kier alpha value is -2.32. The zero-order valence-corrected chi connectivity index (χ0v) is 20.6. The zero-order chi connectivity index (χ0) is 23.0. The van der Waals surface area contributed by atoms with Gasteiger partial charge in [0.2, 0.25) is 6.79 Å². The number of likely N-dealkylation sites (tertiary alicyclic amines) is 1. The van der Waals surface area contributed by atoms with Gasteiger partial charge < -0.3 is 25.0 Å². The van der Waals surface area contributed by atoms with Crippen molar-refractivity contribution < 1.29 is 9.47 Å². The van der Waals surface area contributed by atoms with Crippen molar-refractivity contribution >= 4 is 28.1 Å². The van der Waals surface area contributed by atoms with Crippen molar-refractivity contribution in [2.24, 2.45) is 0 Å². The molecule has 0 spiro atoms. The third-order valence-electron chi connectivity index (χ3n) is 7.02. The van der Waals surface area contributed by atoms with Gasteiger partial charge in [-0.25, -0.2) is 4.98 Å². The maximum atomic E-state index is 6.62. The van der Waals surface area contributed by atoms with Crippen LogP contribution in [0.5, 0.6) is 11.5 Å². The smallest absolute Gasteiger partial charge is 0.231 e. The molecule has 1 saturated carbocycles. The summed E-state index contributed by atoms with van der Waals surface area (Å²) in [5.74, 6) is 1.64. The van der Waals surface area contributed by atoms with E-state index in [0.717, 1.165) is 53.1 Å². The van der Waals surface area contributed by atoms with Crippen molar-refractivity contribution in [1.29, 1.82) is 0 Å². The van der Waals surface area contributed by atoms with E-state index in [4.69, 9.17) is 26.1 Å². The topological polar surface area (TPSA) is 58.7 Å². The molecular formula is C26H29ClN4O2S. The predicted octanol–water partition coefficient (Wildman–Crippen LogP) is 5.40. The van der Waals surface area contributed by atoms with Gasteiger partial charge >= 0.3 is 0 Å². The lowest BCUT2D eigenvalue weighted by atomic mass is 10.0. The third-order valence-corrected chi connectivity index (χ3v) is 8.34. The van der Waals surface area contributed by atoms with Crippen molar-refractivity contribution in [3.63, 3.8) is 0 Å². The Kier molecular flexibility index (Phi) is 6.11. The number of fused-ring (bicyclic) bond motifs is 1. The largest absolute Gasteiger partial charge is 0.454 e. The van der Waals surface area contributed by atoms with Gasteiger partial charge in [0.1, 0.15) is 0 Å². The highest BCUT2D eigenvalue weighted by atomic mass is 35.5. The number of nitrogens with one attached hydrogen (secondary N) is 2. The van der Waals surface area contributed by atoms with E-state index in [-0.39, 0.29) is 11.6 Å². The minimum Gasteiger partial charge on any atom is -0.454 e. The Labute approximate surface area is 209 Å². The van der Waals surface area contributed by atoms with Crippen LogP contribution in [0.25, 0.3) is 0 Å². The highest BCUT2D eigenvalue weighted by Gasteiger charge is 2.45. The van der Waals surface area contributed by atoms with Crippen LogP contribution in [0.2, 0.25) is 5.02 Å². The minimum atomic E-state index is -0.0842. The number of hydrogen-bond donors (Lipinski definition) is 2. The van der Waals surface area contributed by atoms with Gasteiger partial charge in [0, 0.05) is 29.2 Å². The summed E-state index contributed by atoms with van der Waals surface area (Å²) in [5, 5.41) is 9.19. The first kappa shape index (κ1) is 22.2. The molecule has 2 aliphatic heterocycles. The summed E-state index contributed by atoms with van der Waals surface area (Å²) >= 11 is 8.32. The summed E-state index contributed by atoms with van der Waals surface area (Å²) in [6.45, 7) is 4.67. The molecule has 6 nitrogen and oxygen atoms in total. The predicted molar refractivity (Wildman–Crippen MR) is 136 cm³/mol. The SMILES string of the molecule is Clc1ccccc1C(NCCN1CCCC1)c1cnc(NC2(c3ccc4c(c3)OCO4)CC2)s1. The van der Waals surface area contributed by atoms with E-state index in [9.17, 15) is 0 Å². The Bertz CT molecular complexity index is 1160. The number of rotatable bonds is 9. The van der Waals surface area contributed by atoms with Crippen molar-refractivity contribution in [2.45, 2.75) is 37.3 Å². The molecule has 0 bridgehead atoms. The van der Waals surface area contributed by atoms with Crippen LogP contribution in [0.4, 0.5) is 5.13 Å². The van der Waals surface area contributed by atoms with Gasteiger partial charge in [-0.2, -0.15) is 0 Å². The second-order valence-electron chi connectivity index (χ2n) is 9.30. The molecular weight excluding hydrogens is 468 g/mol. The Morgan fingerprint density at radius 2 is 1.91 bits per heavy atom. The summed E-state index contributed by atoms with van der Waals surface area (Å²) < 4.78 is 11.1. The van der Waals surface area contributed by atoms with E-state index in [0.29, 0.717) is 6.79 Å². The molecule has 0 amide bonds. The Morgan fingerprint density at radius 3 is 2.74 bits per heavy atom. The lowest BCUT2D eigenvalue weighted by molar-refractivity contribution is 0.174. The van der Waals surface area contributed by atoms with Gasteiger partial charge in [0.15, 0.2) is 16.6 Å². The third kappa shape index (κ3) is 4.50. The molecule has 1 aromatic heterocycles. The first-order chi connectivity index (χ1) is 16.7. The second kappa shape index (κ2) is 9.38. The average molecular weight is 497 g/mol. The first-order valence-corrected chi connectivity index (χ1v) is 13.2. The average Bonchev–Trinajstić information content (AvgIpc) is 3.26. The van der Waals surface area contributed by atoms with Crippen LogP contribution in [0, 0.1) is 0 Å². The lowest BCUT2D eigenvalue weighted by Gasteiger charge is -2.21. The molecule has 2 aromatic carbocycles. The van der Waals surface area contributed by atoms with Crippen molar-refractivity contribution in [3.05, 3.63) is 69.7 Å². The maximum absolute atomic E-state index is 6.62. The number of hydrogen-bond acceptors (Lipinski definition) is 7. The van der Waals surface area contributed by atoms with Gasteiger partial charge in [-0.15, -0.1) is 11.3 Å². The van der Waals surface area contributed by atoms with E-state index in [1.807, 2.05) is 24.4 Å². The molecule has 1 unspecified atom stereocenters. The van der Waals surface area contributed by atoms with Gasteiger partial charge in [0.05, 0.1) is 11.6 Å². The quantitative estimate of drug-likeness (QED) is 0.413. The van der Waals surface area contributed by atoms with Crippen LogP contribution in [0.1, 0.15) is 47.7 Å². The van der Waals surface area contributed by atoms with Crippen LogP contribution in [-0.2, 0) is 5.54 Å². The number of aromatic nitrogens is 1. The summed E-state index contributed by atoms with van der Waals surface area (Å²) in [6.07, 6.45) is 6.75. The van der Waals surface area contributed by atoms with Crippen LogP contribution >= 0.6 is 22.9 Å². The summed E-state index contributed by atoms with van der Waals surface area (Å²) in [6, 6.07) is 14.4. The summed E-state index contributed by atoms with van der Waals surface area (Å²) in [4.78, 5) is 8.45. The standard InChI is InChI=1S/C26H29ClN4O2S/c27-20-6-2-1-5-19(20)24(28-11-14-31-12-3-4-13-31)23-16-29-25(34-23)30-26(9-10-26)18-7-8-21-22(15-18)33-17-32-21/h1-2,5-8,15-16,24,28H,3-4,9-14,17H2,(H,29,30). The van der Waals surface area contributed by atoms with E-state index < -0.39 is 0 Å². The molecule has 6 rings (SSSR count). The fraction of sp³-hybridized carbons (Fsp3) is 0.423. The minimum absolute atomic E-state index is 0.0186. The zero-order valence-electron chi connectivity index (χ0n) is 19.1. The van der Waals surface area contributed by atoms with E-state index >= 15 is 0 Å². The number of ether oxygens (including phenoxy) is 2. The van der Waals surface area contributed by atoms with E-state index in [2.05, 4.69) is 39.8 Å². The molecule has 3 aliphatic rings. The molecule has 8 heteroatoms. The van der Waals surface area contributed by atoms with Crippen LogP contribution in [-0.4, -0.2) is 42.9 Å². The lowest BCUT2D eigenvalue weighted by Crippen LogP contribution is -2.32. The number of anilines is 1. The fourth-order valence-electron chi connectivity index (χ4n) is 4.93. The number of nitrogens with zero attached hydrogens (tertiary/aromatic N) is 2. The van der Waals surface area contributed by atoms with Crippen molar-refractivity contribution in [2.75, 3.05) is 38.3 Å². The number of halogens is 1. The van der Waals surface area contributed by atoms with Crippen LogP contribution in [0.3, 0.4) is 0 Å². The van der Waals surface area contributed by atoms with Gasteiger partial charge in [-0.1, -0.05) is 35.9 Å². The van der Waals surface area contributed by atoms with Gasteiger partial charge in [-0.05, 0) is 68.1 Å². The normalized spacial score (nSPS) is 19.3. The Morgan fingerprint density at radius 1 is 1.09 bits per heavy atom. The Balaban J connectivity index is 1.20. The van der Waals surface area contributed by atoms with Crippen molar-refractivity contribution in [1.82, 2.24) is 15.2 Å². The molecule has 3 heterocycles. The van der Waals surface area contributed by atoms with Crippen molar-refractivity contribution in [3.8, 4) is 11.5 Å². The summed E-state index contributed by atoms with van der Waals surface area (Å²) in [5.41, 5.74) is 2.23. The molecule has 178 valence electrons. The monoisotopic (exact) mass is 496 g/mol. The molecule has 0 radical (unpaired) electrons. The number of thiazole rings is 1. The molecule has 34 heavy (non-hydrogen) atoms. The maximum Gasteiger partial charge on any atom is 0.231 e. The van der Waals surface area contributed by atoms with Gasteiger partial charge in [-0.3, -0.25) is 0 Å². The summed E-state index contributed by atoms with van der Waals surface area (Å²) in [7, 11) is 0. The molecule has 3 aromatic rings. The molecule has 1 aliphatic carbocycles. The van der Waals surface area contributed by atoms with Gasteiger partial charge in [0.25, 0.3) is 0 Å². The molecule has 2 N–H and O–H groups in total. The van der Waals surface area contributed by atoms with Crippen LogP contribution in [0.15, 0.2) is 48.7 Å². The first-order valence-electron chi connectivity index (χ1n) is 12.0. The highest BCUT2D eigenvalue weighted by Crippen LogP contribution is 2.51.